The van der Waals surface area contributed by atoms with Crippen LogP contribution in [0.2, 0.25) is 10.0 Å². The fraction of sp³-hybridized carbons (Fsp3) is 0.600. The molecule has 0 atom stereocenters. The van der Waals surface area contributed by atoms with Gasteiger partial charge in [0.15, 0.2) is 0 Å². The Bertz CT molecular complexity index is 537. The number of aromatic nitrogens is 1. The summed E-state index contributed by atoms with van der Waals surface area (Å²) >= 11 is 12.1. The zero-order valence-corrected chi connectivity index (χ0v) is 14.7. The van der Waals surface area contributed by atoms with Crippen LogP contribution in [0.5, 0.6) is 0 Å². The van der Waals surface area contributed by atoms with Crippen LogP contribution in [-0.2, 0) is 4.79 Å². The minimum absolute atomic E-state index is 0.0589. The maximum Gasteiger partial charge on any atom is 0.234 e. The van der Waals surface area contributed by atoms with Gasteiger partial charge in [-0.1, -0.05) is 23.2 Å². The molecule has 7 heteroatoms. The average Bonchev–Trinajstić information content (AvgIpc) is 2.38. The lowest BCUT2D eigenvalue weighted by Gasteiger charge is -2.35. The zero-order chi connectivity index (χ0) is 16.3. The van der Waals surface area contributed by atoms with Gasteiger partial charge in [0.25, 0.3) is 0 Å². The Morgan fingerprint density at radius 1 is 1.27 bits per heavy atom. The van der Waals surface area contributed by atoms with Crippen molar-refractivity contribution in [1.82, 2.24) is 15.2 Å². The number of carbonyl (C=O) groups excluding carboxylic acids is 1. The van der Waals surface area contributed by atoms with Gasteiger partial charge in [0.05, 0.1) is 16.6 Å². The molecule has 1 aromatic heterocycles. The summed E-state index contributed by atoms with van der Waals surface area (Å²) in [6.07, 6.45) is 1.60. The van der Waals surface area contributed by atoms with Crippen molar-refractivity contribution in [2.24, 2.45) is 0 Å². The van der Waals surface area contributed by atoms with Crippen molar-refractivity contribution in [3.05, 3.63) is 22.3 Å². The monoisotopic (exact) mass is 344 g/mol. The largest absolute Gasteiger partial charge is 0.353 e. The van der Waals surface area contributed by atoms with E-state index in [1.807, 2.05) is 20.8 Å². The standard InChI is InChI=1S/C15H22Cl2N4O/c1-15(2,3)19-13(22)10-20-4-6-21(7-5-20)14-12(17)8-11(16)9-18-14/h8-9H,4-7,10H2,1-3H3,(H,19,22). The summed E-state index contributed by atoms with van der Waals surface area (Å²) in [4.78, 5) is 20.5. The topological polar surface area (TPSA) is 48.5 Å². The highest BCUT2D eigenvalue weighted by Gasteiger charge is 2.22. The molecule has 1 saturated heterocycles. The van der Waals surface area contributed by atoms with Crippen molar-refractivity contribution < 1.29 is 4.79 Å². The van der Waals surface area contributed by atoms with E-state index in [1.165, 1.54) is 0 Å². The fourth-order valence-corrected chi connectivity index (χ4v) is 2.92. The van der Waals surface area contributed by atoms with Gasteiger partial charge >= 0.3 is 0 Å². The summed E-state index contributed by atoms with van der Waals surface area (Å²) in [6, 6.07) is 1.70. The lowest BCUT2D eigenvalue weighted by molar-refractivity contribution is -0.123. The van der Waals surface area contributed by atoms with Gasteiger partial charge in [-0.25, -0.2) is 4.98 Å². The second-order valence-corrected chi connectivity index (χ2v) is 7.36. The summed E-state index contributed by atoms with van der Waals surface area (Å²) in [5.41, 5.74) is -0.195. The van der Waals surface area contributed by atoms with E-state index in [-0.39, 0.29) is 11.4 Å². The second kappa shape index (κ2) is 7.02. The van der Waals surface area contributed by atoms with Crippen LogP contribution in [0.4, 0.5) is 5.82 Å². The SMILES string of the molecule is CC(C)(C)NC(=O)CN1CCN(c2ncc(Cl)cc2Cl)CC1. The van der Waals surface area contributed by atoms with E-state index in [0.717, 1.165) is 32.0 Å². The van der Waals surface area contributed by atoms with Crippen LogP contribution in [0.3, 0.4) is 0 Å². The highest BCUT2D eigenvalue weighted by Crippen LogP contribution is 2.26. The van der Waals surface area contributed by atoms with Crippen LogP contribution < -0.4 is 10.2 Å². The molecule has 0 aliphatic carbocycles. The number of hydrogen-bond acceptors (Lipinski definition) is 4. The Morgan fingerprint density at radius 3 is 2.45 bits per heavy atom. The predicted octanol–water partition coefficient (Wildman–Crippen LogP) is 2.43. The zero-order valence-electron chi connectivity index (χ0n) is 13.2. The molecule has 2 rings (SSSR count). The average molecular weight is 345 g/mol. The quantitative estimate of drug-likeness (QED) is 0.914. The first-order valence-corrected chi connectivity index (χ1v) is 8.09. The Labute approximate surface area is 141 Å². The number of nitrogens with one attached hydrogen (secondary N) is 1. The van der Waals surface area contributed by atoms with Crippen molar-refractivity contribution in [2.75, 3.05) is 37.6 Å². The highest BCUT2D eigenvalue weighted by molar-refractivity contribution is 6.36. The fourth-order valence-electron chi connectivity index (χ4n) is 2.42. The first kappa shape index (κ1) is 17.3. The summed E-state index contributed by atoms with van der Waals surface area (Å²) in [7, 11) is 0. The number of halogens is 2. The van der Waals surface area contributed by atoms with E-state index in [4.69, 9.17) is 23.2 Å². The predicted molar refractivity (Wildman–Crippen MR) is 90.8 cm³/mol. The van der Waals surface area contributed by atoms with E-state index in [0.29, 0.717) is 16.6 Å². The number of carbonyl (C=O) groups is 1. The minimum atomic E-state index is -0.195. The van der Waals surface area contributed by atoms with Crippen LogP contribution in [0.15, 0.2) is 12.3 Å². The summed E-state index contributed by atoms with van der Waals surface area (Å²) in [6.45, 7) is 9.56. The third kappa shape index (κ3) is 5.00. The number of anilines is 1. The van der Waals surface area contributed by atoms with Gasteiger partial charge < -0.3 is 10.2 Å². The molecule has 22 heavy (non-hydrogen) atoms. The Balaban J connectivity index is 1.86. The lowest BCUT2D eigenvalue weighted by atomic mass is 10.1. The normalized spacial score (nSPS) is 16.7. The molecule has 1 N–H and O–H groups in total. The van der Waals surface area contributed by atoms with Crippen molar-refractivity contribution >= 4 is 34.9 Å². The number of rotatable bonds is 3. The Morgan fingerprint density at radius 2 is 1.91 bits per heavy atom. The van der Waals surface area contributed by atoms with Gasteiger partial charge in [0.1, 0.15) is 5.82 Å². The van der Waals surface area contributed by atoms with Gasteiger partial charge in [-0.05, 0) is 26.8 Å². The number of piperazine rings is 1. The first-order valence-electron chi connectivity index (χ1n) is 7.34. The van der Waals surface area contributed by atoms with Gasteiger partial charge in [-0.3, -0.25) is 9.69 Å². The van der Waals surface area contributed by atoms with Crippen molar-refractivity contribution in [3.8, 4) is 0 Å². The van der Waals surface area contributed by atoms with Crippen LogP contribution in [0.1, 0.15) is 20.8 Å². The van der Waals surface area contributed by atoms with E-state index in [9.17, 15) is 4.79 Å². The molecule has 0 aromatic carbocycles. The molecular weight excluding hydrogens is 323 g/mol. The molecule has 0 unspecified atom stereocenters. The van der Waals surface area contributed by atoms with Crippen LogP contribution in [0.25, 0.3) is 0 Å². The number of hydrogen-bond donors (Lipinski definition) is 1. The lowest BCUT2D eigenvalue weighted by Crippen LogP contribution is -2.52. The molecule has 0 saturated carbocycles. The van der Waals surface area contributed by atoms with Crippen molar-refractivity contribution in [1.29, 1.82) is 0 Å². The molecule has 5 nitrogen and oxygen atoms in total. The third-order valence-corrected chi connectivity index (χ3v) is 3.83. The van der Waals surface area contributed by atoms with Crippen LogP contribution >= 0.6 is 23.2 Å². The summed E-state index contributed by atoms with van der Waals surface area (Å²) < 4.78 is 0. The summed E-state index contributed by atoms with van der Waals surface area (Å²) in [5, 5.41) is 4.08. The number of nitrogens with zero attached hydrogens (tertiary/aromatic N) is 3. The van der Waals surface area contributed by atoms with Gasteiger partial charge in [0.2, 0.25) is 5.91 Å². The molecule has 1 amide bonds. The van der Waals surface area contributed by atoms with E-state index in [2.05, 4.69) is 20.1 Å². The third-order valence-electron chi connectivity index (χ3n) is 3.34. The molecular formula is C15H22Cl2N4O. The van der Waals surface area contributed by atoms with Crippen LogP contribution in [0, 0.1) is 0 Å². The number of amides is 1. The van der Waals surface area contributed by atoms with Gasteiger partial charge in [0, 0.05) is 37.9 Å². The molecule has 1 aromatic rings. The molecule has 2 heterocycles. The van der Waals surface area contributed by atoms with Gasteiger partial charge in [-0.15, -0.1) is 0 Å². The molecule has 1 aliphatic heterocycles. The second-order valence-electron chi connectivity index (χ2n) is 6.52. The first-order chi connectivity index (χ1) is 10.2. The maximum absolute atomic E-state index is 12.0. The highest BCUT2D eigenvalue weighted by atomic mass is 35.5. The maximum atomic E-state index is 12.0. The van der Waals surface area contributed by atoms with E-state index >= 15 is 0 Å². The van der Waals surface area contributed by atoms with E-state index < -0.39 is 0 Å². The van der Waals surface area contributed by atoms with Crippen molar-refractivity contribution in [3.63, 3.8) is 0 Å². The molecule has 0 bridgehead atoms. The summed E-state index contributed by atoms with van der Waals surface area (Å²) in [5.74, 6) is 0.813. The molecule has 0 spiro atoms. The molecule has 0 radical (unpaired) electrons. The molecule has 1 aliphatic rings. The number of pyridine rings is 1. The minimum Gasteiger partial charge on any atom is -0.353 e. The van der Waals surface area contributed by atoms with E-state index in [1.54, 1.807) is 12.3 Å². The Kier molecular flexibility index (Phi) is 5.53. The molecule has 1 fully saturated rings. The Hall–Kier alpha value is -1.04. The van der Waals surface area contributed by atoms with Crippen molar-refractivity contribution in [2.45, 2.75) is 26.3 Å². The van der Waals surface area contributed by atoms with Crippen LogP contribution in [-0.4, -0.2) is 54.1 Å². The van der Waals surface area contributed by atoms with Gasteiger partial charge in [-0.2, -0.15) is 0 Å². The smallest absolute Gasteiger partial charge is 0.234 e. The molecule has 122 valence electrons.